The van der Waals surface area contributed by atoms with Crippen LogP contribution in [0, 0.1) is 0 Å². The standard InChI is InChI=1S/C23H17Cl2N3OS/c24-19-7-1-17(2-8-19)14-29-21-11-3-16(4-12-21)13-26-28-23-27-22(15-30-23)18-5-9-20(25)10-6-18/h1-13,15H,14H2,(H,27,28)/b26-13-. The second kappa shape index (κ2) is 9.76. The number of benzene rings is 3. The third-order valence-corrected chi connectivity index (χ3v) is 5.47. The number of aromatic nitrogens is 1. The molecule has 4 aromatic rings. The van der Waals surface area contributed by atoms with Crippen molar-refractivity contribution in [1.82, 2.24) is 4.98 Å². The van der Waals surface area contributed by atoms with E-state index in [0.717, 1.165) is 38.3 Å². The van der Waals surface area contributed by atoms with E-state index in [9.17, 15) is 0 Å². The number of hydrazone groups is 1. The Morgan fingerprint density at radius 2 is 1.57 bits per heavy atom. The van der Waals surface area contributed by atoms with Crippen molar-refractivity contribution >= 4 is 45.9 Å². The van der Waals surface area contributed by atoms with Crippen LogP contribution in [0.3, 0.4) is 0 Å². The molecule has 1 N–H and O–H groups in total. The minimum Gasteiger partial charge on any atom is -0.489 e. The molecule has 0 saturated carbocycles. The van der Waals surface area contributed by atoms with Gasteiger partial charge in [0, 0.05) is 21.0 Å². The lowest BCUT2D eigenvalue weighted by molar-refractivity contribution is 0.306. The largest absolute Gasteiger partial charge is 0.489 e. The second-order valence-electron chi connectivity index (χ2n) is 6.40. The minimum absolute atomic E-state index is 0.492. The first-order chi connectivity index (χ1) is 14.7. The van der Waals surface area contributed by atoms with Crippen LogP contribution in [-0.2, 0) is 6.61 Å². The predicted molar refractivity (Wildman–Crippen MR) is 126 cm³/mol. The molecule has 4 rings (SSSR count). The number of anilines is 1. The smallest absolute Gasteiger partial charge is 0.203 e. The van der Waals surface area contributed by atoms with Crippen LogP contribution in [0.25, 0.3) is 11.3 Å². The summed E-state index contributed by atoms with van der Waals surface area (Å²) in [7, 11) is 0. The van der Waals surface area contributed by atoms with Crippen LogP contribution in [0.15, 0.2) is 83.3 Å². The fourth-order valence-corrected chi connectivity index (χ4v) is 3.56. The first-order valence-corrected chi connectivity index (χ1v) is 10.8. The van der Waals surface area contributed by atoms with Crippen molar-refractivity contribution in [2.24, 2.45) is 5.10 Å². The molecule has 0 amide bonds. The first-order valence-electron chi connectivity index (χ1n) is 9.13. The number of nitrogens with zero attached hydrogens (tertiary/aromatic N) is 2. The van der Waals surface area contributed by atoms with Crippen LogP contribution >= 0.6 is 34.5 Å². The normalized spacial score (nSPS) is 11.0. The molecule has 1 heterocycles. The maximum Gasteiger partial charge on any atom is 0.203 e. The van der Waals surface area contributed by atoms with Gasteiger partial charge in [0.1, 0.15) is 12.4 Å². The summed E-state index contributed by atoms with van der Waals surface area (Å²) in [6.07, 6.45) is 1.74. The Bertz CT molecular complexity index is 1120. The van der Waals surface area contributed by atoms with Crippen molar-refractivity contribution in [2.45, 2.75) is 6.61 Å². The summed E-state index contributed by atoms with van der Waals surface area (Å²) < 4.78 is 5.79. The fraction of sp³-hybridized carbons (Fsp3) is 0.0435. The number of halogens is 2. The van der Waals surface area contributed by atoms with E-state index in [1.54, 1.807) is 6.21 Å². The monoisotopic (exact) mass is 453 g/mol. The van der Waals surface area contributed by atoms with Crippen molar-refractivity contribution in [3.63, 3.8) is 0 Å². The highest BCUT2D eigenvalue weighted by atomic mass is 35.5. The summed E-state index contributed by atoms with van der Waals surface area (Å²) in [6, 6.07) is 22.9. The van der Waals surface area contributed by atoms with Gasteiger partial charge in [0.25, 0.3) is 0 Å². The van der Waals surface area contributed by atoms with Gasteiger partial charge in [0.2, 0.25) is 5.13 Å². The molecule has 0 aliphatic rings. The zero-order valence-corrected chi connectivity index (χ0v) is 18.1. The quantitative estimate of drug-likeness (QED) is 0.238. The zero-order valence-electron chi connectivity index (χ0n) is 15.8. The van der Waals surface area contributed by atoms with Gasteiger partial charge in [-0.15, -0.1) is 11.3 Å². The Labute approximate surface area is 188 Å². The van der Waals surface area contributed by atoms with Crippen molar-refractivity contribution in [1.29, 1.82) is 0 Å². The minimum atomic E-state index is 0.492. The molecule has 0 spiro atoms. The molecule has 0 unspecified atom stereocenters. The highest BCUT2D eigenvalue weighted by molar-refractivity contribution is 7.14. The molecule has 0 fully saturated rings. The molecule has 7 heteroatoms. The molecule has 3 aromatic carbocycles. The van der Waals surface area contributed by atoms with Crippen LogP contribution < -0.4 is 10.2 Å². The molecule has 4 nitrogen and oxygen atoms in total. The maximum absolute atomic E-state index is 5.93. The molecule has 1 aromatic heterocycles. The van der Waals surface area contributed by atoms with E-state index in [2.05, 4.69) is 15.5 Å². The molecular formula is C23H17Cl2N3OS. The van der Waals surface area contributed by atoms with Gasteiger partial charge >= 0.3 is 0 Å². The third-order valence-electron chi connectivity index (χ3n) is 4.22. The van der Waals surface area contributed by atoms with Crippen LogP contribution in [0.4, 0.5) is 5.13 Å². The molecule has 150 valence electrons. The molecule has 0 saturated heterocycles. The van der Waals surface area contributed by atoms with Crippen LogP contribution in [0.1, 0.15) is 11.1 Å². The lowest BCUT2D eigenvalue weighted by Gasteiger charge is -2.06. The summed E-state index contributed by atoms with van der Waals surface area (Å²) in [4.78, 5) is 4.54. The summed E-state index contributed by atoms with van der Waals surface area (Å²) in [6.45, 7) is 0.492. The maximum atomic E-state index is 5.93. The van der Waals surface area contributed by atoms with Gasteiger partial charge in [-0.25, -0.2) is 4.98 Å². The highest BCUT2D eigenvalue weighted by Gasteiger charge is 2.04. The Morgan fingerprint density at radius 1 is 0.900 bits per heavy atom. The molecule has 0 aliphatic carbocycles. The summed E-state index contributed by atoms with van der Waals surface area (Å²) in [5.41, 5.74) is 6.89. The number of rotatable bonds is 7. The summed E-state index contributed by atoms with van der Waals surface area (Å²) >= 11 is 13.3. The molecule has 0 radical (unpaired) electrons. The van der Waals surface area contributed by atoms with Gasteiger partial charge in [-0.1, -0.05) is 47.5 Å². The lowest BCUT2D eigenvalue weighted by atomic mass is 10.2. The highest BCUT2D eigenvalue weighted by Crippen LogP contribution is 2.26. The third kappa shape index (κ3) is 5.60. The van der Waals surface area contributed by atoms with Gasteiger partial charge in [0.15, 0.2) is 0 Å². The number of hydrogen-bond donors (Lipinski definition) is 1. The van der Waals surface area contributed by atoms with Crippen LogP contribution in [0.2, 0.25) is 10.0 Å². The lowest BCUT2D eigenvalue weighted by Crippen LogP contribution is -1.95. The molecule has 0 bridgehead atoms. The van der Waals surface area contributed by atoms with E-state index < -0.39 is 0 Å². The van der Waals surface area contributed by atoms with Crippen LogP contribution in [0.5, 0.6) is 5.75 Å². The summed E-state index contributed by atoms with van der Waals surface area (Å²) in [5, 5.41) is 8.39. The zero-order chi connectivity index (χ0) is 20.8. The second-order valence-corrected chi connectivity index (χ2v) is 8.13. The van der Waals surface area contributed by atoms with Crippen LogP contribution in [-0.4, -0.2) is 11.2 Å². The Kier molecular flexibility index (Phi) is 6.64. The molecule has 30 heavy (non-hydrogen) atoms. The average Bonchev–Trinajstić information content (AvgIpc) is 3.24. The topological polar surface area (TPSA) is 46.5 Å². The van der Waals surface area contributed by atoms with E-state index in [0.29, 0.717) is 11.6 Å². The SMILES string of the molecule is Clc1ccc(COc2ccc(/C=N\Nc3nc(-c4ccc(Cl)cc4)cs3)cc2)cc1. The predicted octanol–water partition coefficient (Wildman–Crippen LogP) is 7.14. The number of ether oxygens (including phenoxy) is 1. The van der Waals surface area contributed by atoms with E-state index in [4.69, 9.17) is 27.9 Å². The van der Waals surface area contributed by atoms with E-state index in [1.807, 2.05) is 78.2 Å². The van der Waals surface area contributed by atoms with Gasteiger partial charge in [-0.2, -0.15) is 5.10 Å². The van der Waals surface area contributed by atoms with Crippen molar-refractivity contribution in [3.8, 4) is 17.0 Å². The Morgan fingerprint density at radius 3 is 2.27 bits per heavy atom. The summed E-state index contributed by atoms with van der Waals surface area (Å²) in [5.74, 6) is 0.794. The first kappa shape index (κ1) is 20.4. The van der Waals surface area contributed by atoms with Crippen molar-refractivity contribution in [3.05, 3.63) is 99.3 Å². The Hall–Kier alpha value is -2.86. The number of thiazole rings is 1. The van der Waals surface area contributed by atoms with E-state index in [1.165, 1.54) is 11.3 Å². The number of hydrogen-bond acceptors (Lipinski definition) is 5. The molecule has 0 aliphatic heterocycles. The fourth-order valence-electron chi connectivity index (χ4n) is 2.64. The van der Waals surface area contributed by atoms with Gasteiger partial charge in [-0.3, -0.25) is 5.43 Å². The van der Waals surface area contributed by atoms with Gasteiger partial charge in [0.05, 0.1) is 11.9 Å². The average molecular weight is 454 g/mol. The molecule has 0 atom stereocenters. The van der Waals surface area contributed by atoms with Gasteiger partial charge in [-0.05, 0) is 59.7 Å². The van der Waals surface area contributed by atoms with E-state index >= 15 is 0 Å². The molecular weight excluding hydrogens is 437 g/mol. The van der Waals surface area contributed by atoms with Crippen molar-refractivity contribution in [2.75, 3.05) is 5.43 Å². The Balaban J connectivity index is 1.30. The van der Waals surface area contributed by atoms with E-state index in [-0.39, 0.29) is 0 Å². The van der Waals surface area contributed by atoms with Crippen molar-refractivity contribution < 1.29 is 4.74 Å². The number of nitrogens with one attached hydrogen (secondary N) is 1. The van der Waals surface area contributed by atoms with Gasteiger partial charge < -0.3 is 4.74 Å².